The van der Waals surface area contributed by atoms with E-state index in [0.29, 0.717) is 24.2 Å². The van der Waals surface area contributed by atoms with Crippen LogP contribution in [0.2, 0.25) is 5.02 Å². The molecular formula is C16H22ClN3O. The van der Waals surface area contributed by atoms with E-state index in [4.69, 9.17) is 22.1 Å². The van der Waals surface area contributed by atoms with Gasteiger partial charge in [0, 0.05) is 23.3 Å². The van der Waals surface area contributed by atoms with Crippen LogP contribution in [0.5, 0.6) is 5.75 Å². The number of nitrogens with zero attached hydrogens (tertiary/aromatic N) is 2. The van der Waals surface area contributed by atoms with Crippen molar-refractivity contribution in [3.05, 3.63) is 46.7 Å². The Labute approximate surface area is 130 Å². The molecule has 0 atom stereocenters. The van der Waals surface area contributed by atoms with E-state index in [1.165, 1.54) is 0 Å². The van der Waals surface area contributed by atoms with Crippen LogP contribution in [0.3, 0.4) is 0 Å². The van der Waals surface area contributed by atoms with Crippen LogP contribution in [0.4, 0.5) is 0 Å². The Balaban J connectivity index is 2.03. The molecule has 0 amide bonds. The number of rotatable bonds is 7. The molecular weight excluding hydrogens is 286 g/mol. The molecule has 2 N–H and O–H groups in total. The van der Waals surface area contributed by atoms with Gasteiger partial charge in [-0.1, -0.05) is 25.4 Å². The van der Waals surface area contributed by atoms with E-state index in [1.54, 1.807) is 6.07 Å². The number of nitrogens with two attached hydrogens (primary N) is 1. The van der Waals surface area contributed by atoms with Gasteiger partial charge in [0.2, 0.25) is 0 Å². The molecule has 21 heavy (non-hydrogen) atoms. The fourth-order valence-corrected chi connectivity index (χ4v) is 2.52. The summed E-state index contributed by atoms with van der Waals surface area (Å²) in [6.45, 7) is 5.18. The first-order valence-corrected chi connectivity index (χ1v) is 7.71. The highest BCUT2D eigenvalue weighted by Gasteiger charge is 2.09. The Hall–Kier alpha value is -1.52. The van der Waals surface area contributed by atoms with Crippen LogP contribution in [0.15, 0.2) is 30.5 Å². The Morgan fingerprint density at radius 2 is 2.05 bits per heavy atom. The van der Waals surface area contributed by atoms with Crippen molar-refractivity contribution >= 4 is 11.6 Å². The number of hydrogen-bond acceptors (Lipinski definition) is 3. The SMILES string of the molecule is CCC(CC)n1ccc(COc2ccc(Cl)cc2CN)n1. The summed E-state index contributed by atoms with van der Waals surface area (Å²) in [5.74, 6) is 0.763. The van der Waals surface area contributed by atoms with Crippen LogP contribution in [0.1, 0.15) is 44.0 Å². The Morgan fingerprint density at radius 1 is 1.29 bits per heavy atom. The zero-order valence-corrected chi connectivity index (χ0v) is 13.3. The highest BCUT2D eigenvalue weighted by molar-refractivity contribution is 6.30. The first-order chi connectivity index (χ1) is 10.2. The molecule has 0 aliphatic heterocycles. The van der Waals surface area contributed by atoms with Crippen LogP contribution >= 0.6 is 11.6 Å². The summed E-state index contributed by atoms with van der Waals surface area (Å²) in [6.07, 6.45) is 4.17. The quantitative estimate of drug-likeness (QED) is 0.843. The lowest BCUT2D eigenvalue weighted by atomic mass is 10.2. The van der Waals surface area contributed by atoms with Crippen LogP contribution in [-0.2, 0) is 13.2 Å². The lowest BCUT2D eigenvalue weighted by molar-refractivity contribution is 0.294. The molecule has 2 rings (SSSR count). The lowest BCUT2D eigenvalue weighted by Gasteiger charge is -2.13. The summed E-state index contributed by atoms with van der Waals surface area (Å²) in [6, 6.07) is 7.94. The maximum absolute atomic E-state index is 5.96. The van der Waals surface area contributed by atoms with Gasteiger partial charge >= 0.3 is 0 Å². The van der Waals surface area contributed by atoms with Crippen molar-refractivity contribution in [1.29, 1.82) is 0 Å². The summed E-state index contributed by atoms with van der Waals surface area (Å²) < 4.78 is 7.83. The number of halogens is 1. The molecule has 1 aromatic heterocycles. The van der Waals surface area contributed by atoms with Crippen LogP contribution in [0.25, 0.3) is 0 Å². The molecule has 0 spiro atoms. The minimum absolute atomic E-state index is 0.401. The second-order valence-corrected chi connectivity index (χ2v) is 5.44. The molecule has 2 aromatic rings. The average molecular weight is 308 g/mol. The van der Waals surface area contributed by atoms with Gasteiger partial charge in [-0.2, -0.15) is 5.10 Å². The van der Waals surface area contributed by atoms with Crippen molar-refractivity contribution in [1.82, 2.24) is 9.78 Å². The summed E-state index contributed by atoms with van der Waals surface area (Å²) in [4.78, 5) is 0. The van der Waals surface area contributed by atoms with Crippen molar-refractivity contribution in [2.45, 2.75) is 45.9 Å². The summed E-state index contributed by atoms with van der Waals surface area (Å²) >= 11 is 5.96. The van der Waals surface area contributed by atoms with Crippen molar-refractivity contribution in [3.8, 4) is 5.75 Å². The van der Waals surface area contributed by atoms with Crippen molar-refractivity contribution < 1.29 is 4.74 Å². The molecule has 1 heterocycles. The number of hydrogen-bond donors (Lipinski definition) is 1. The van der Waals surface area contributed by atoms with Crippen molar-refractivity contribution in [3.63, 3.8) is 0 Å². The van der Waals surface area contributed by atoms with Gasteiger partial charge in [0.25, 0.3) is 0 Å². The molecule has 0 bridgehead atoms. The normalized spacial score (nSPS) is 11.1. The van der Waals surface area contributed by atoms with Crippen LogP contribution in [-0.4, -0.2) is 9.78 Å². The molecule has 0 fully saturated rings. The van der Waals surface area contributed by atoms with Crippen molar-refractivity contribution in [2.75, 3.05) is 0 Å². The summed E-state index contributed by atoms with van der Waals surface area (Å²) in [5.41, 5.74) is 7.53. The predicted molar refractivity (Wildman–Crippen MR) is 85.5 cm³/mol. The third kappa shape index (κ3) is 3.99. The van der Waals surface area contributed by atoms with E-state index in [1.807, 2.05) is 29.1 Å². The van der Waals surface area contributed by atoms with E-state index < -0.39 is 0 Å². The molecule has 0 saturated heterocycles. The zero-order valence-electron chi connectivity index (χ0n) is 12.6. The fourth-order valence-electron chi connectivity index (χ4n) is 2.32. The molecule has 5 heteroatoms. The summed E-state index contributed by atoms with van der Waals surface area (Å²) in [5, 5.41) is 5.24. The van der Waals surface area contributed by atoms with Gasteiger partial charge in [-0.15, -0.1) is 0 Å². The Kier molecular flexibility index (Phi) is 5.65. The first kappa shape index (κ1) is 15.9. The minimum atomic E-state index is 0.401. The Bertz CT molecular complexity index is 579. The molecule has 1 aromatic carbocycles. The topological polar surface area (TPSA) is 53.1 Å². The van der Waals surface area contributed by atoms with Crippen LogP contribution in [0, 0.1) is 0 Å². The third-order valence-corrected chi connectivity index (χ3v) is 3.83. The van der Waals surface area contributed by atoms with Gasteiger partial charge in [-0.25, -0.2) is 0 Å². The van der Waals surface area contributed by atoms with E-state index in [0.717, 1.165) is 29.8 Å². The maximum atomic E-state index is 5.96. The standard InChI is InChI=1S/C16H22ClN3O/c1-3-15(4-2)20-8-7-14(19-20)11-21-16-6-5-13(17)9-12(16)10-18/h5-9,15H,3-4,10-11,18H2,1-2H3. The molecule has 114 valence electrons. The van der Waals surface area contributed by atoms with Crippen molar-refractivity contribution in [2.24, 2.45) is 5.73 Å². The highest BCUT2D eigenvalue weighted by Crippen LogP contribution is 2.23. The van der Waals surface area contributed by atoms with Gasteiger partial charge in [-0.05, 0) is 37.1 Å². The largest absolute Gasteiger partial charge is 0.487 e. The number of aromatic nitrogens is 2. The second kappa shape index (κ2) is 7.48. The first-order valence-electron chi connectivity index (χ1n) is 7.33. The lowest BCUT2D eigenvalue weighted by Crippen LogP contribution is -2.09. The monoisotopic (exact) mass is 307 g/mol. The van der Waals surface area contributed by atoms with Gasteiger partial charge in [-0.3, -0.25) is 4.68 Å². The third-order valence-electron chi connectivity index (χ3n) is 3.60. The maximum Gasteiger partial charge on any atom is 0.132 e. The number of ether oxygens (including phenoxy) is 1. The second-order valence-electron chi connectivity index (χ2n) is 5.00. The molecule has 0 aliphatic carbocycles. The summed E-state index contributed by atoms with van der Waals surface area (Å²) in [7, 11) is 0. The molecule has 0 radical (unpaired) electrons. The minimum Gasteiger partial charge on any atom is -0.487 e. The highest BCUT2D eigenvalue weighted by atomic mass is 35.5. The van der Waals surface area contributed by atoms with Gasteiger partial charge < -0.3 is 10.5 Å². The molecule has 0 aliphatic rings. The Morgan fingerprint density at radius 3 is 2.71 bits per heavy atom. The molecule has 0 unspecified atom stereocenters. The predicted octanol–water partition coefficient (Wildman–Crippen LogP) is 3.94. The average Bonchev–Trinajstić information content (AvgIpc) is 2.96. The van der Waals surface area contributed by atoms with E-state index in [-0.39, 0.29) is 0 Å². The van der Waals surface area contributed by atoms with E-state index in [9.17, 15) is 0 Å². The van der Waals surface area contributed by atoms with Gasteiger partial charge in [0.05, 0.1) is 11.7 Å². The number of benzene rings is 1. The van der Waals surface area contributed by atoms with E-state index in [2.05, 4.69) is 18.9 Å². The zero-order chi connectivity index (χ0) is 15.2. The van der Waals surface area contributed by atoms with E-state index >= 15 is 0 Å². The smallest absolute Gasteiger partial charge is 0.132 e. The van der Waals surface area contributed by atoms with Crippen LogP contribution < -0.4 is 10.5 Å². The van der Waals surface area contributed by atoms with Gasteiger partial charge in [0.1, 0.15) is 12.4 Å². The van der Waals surface area contributed by atoms with Gasteiger partial charge in [0.15, 0.2) is 0 Å². The molecule has 4 nitrogen and oxygen atoms in total. The molecule has 0 saturated carbocycles. The fraction of sp³-hybridized carbons (Fsp3) is 0.438.